The first-order valence-corrected chi connectivity index (χ1v) is 10.1. The Bertz CT molecular complexity index is 1250. The zero-order valence-corrected chi connectivity index (χ0v) is 17.7. The standard InChI is InChI=1S/C22H23N7O2/c1-27(2)17-11-29(12-17)22-26-20(13-31-22)21(30)7-16-6-19-14(8-23-16)4-5-18(25-19)15-9-24-28(3)10-15/h4-6,8-10,13,17H,7,11-12H2,1-3H3. The van der Waals surface area contributed by atoms with Gasteiger partial charge in [0.2, 0.25) is 0 Å². The Labute approximate surface area is 179 Å². The Morgan fingerprint density at radius 2 is 2.06 bits per heavy atom. The number of likely N-dealkylation sites (N-methyl/N-ethyl adjacent to an activating group) is 1. The minimum atomic E-state index is -0.130. The molecule has 0 atom stereocenters. The Balaban J connectivity index is 1.31. The molecule has 0 radical (unpaired) electrons. The van der Waals surface area contributed by atoms with Gasteiger partial charge >= 0.3 is 0 Å². The van der Waals surface area contributed by atoms with Crippen molar-refractivity contribution in [1.29, 1.82) is 0 Å². The van der Waals surface area contributed by atoms with E-state index in [1.165, 1.54) is 6.26 Å². The number of fused-ring (bicyclic) bond motifs is 1. The lowest BCUT2D eigenvalue weighted by Crippen LogP contribution is -2.57. The molecule has 0 spiro atoms. The molecular weight excluding hydrogens is 394 g/mol. The third-order valence-corrected chi connectivity index (χ3v) is 5.61. The van der Waals surface area contributed by atoms with E-state index in [1.807, 2.05) is 36.3 Å². The van der Waals surface area contributed by atoms with Gasteiger partial charge in [-0.2, -0.15) is 10.1 Å². The van der Waals surface area contributed by atoms with E-state index in [-0.39, 0.29) is 12.2 Å². The van der Waals surface area contributed by atoms with E-state index >= 15 is 0 Å². The third-order valence-electron chi connectivity index (χ3n) is 5.61. The Hall–Kier alpha value is -3.59. The average molecular weight is 417 g/mol. The Morgan fingerprint density at radius 3 is 2.81 bits per heavy atom. The lowest BCUT2D eigenvalue weighted by molar-refractivity contribution is 0.0987. The lowest BCUT2D eigenvalue weighted by Gasteiger charge is -2.41. The second-order valence-electron chi connectivity index (χ2n) is 8.11. The van der Waals surface area contributed by atoms with Crippen LogP contribution in [0.3, 0.4) is 0 Å². The number of hydrogen-bond donors (Lipinski definition) is 0. The van der Waals surface area contributed by atoms with E-state index in [0.29, 0.717) is 23.4 Å². The van der Waals surface area contributed by atoms with E-state index in [1.54, 1.807) is 17.1 Å². The van der Waals surface area contributed by atoms with Crippen molar-refractivity contribution in [2.24, 2.45) is 7.05 Å². The van der Waals surface area contributed by atoms with E-state index in [0.717, 1.165) is 35.2 Å². The minimum Gasteiger partial charge on any atom is -0.431 e. The minimum absolute atomic E-state index is 0.130. The molecular formula is C22H23N7O2. The molecule has 0 N–H and O–H groups in total. The molecule has 1 aliphatic rings. The Morgan fingerprint density at radius 1 is 1.23 bits per heavy atom. The number of anilines is 1. The summed E-state index contributed by atoms with van der Waals surface area (Å²) < 4.78 is 7.27. The van der Waals surface area contributed by atoms with Gasteiger partial charge in [-0.25, -0.2) is 4.98 Å². The molecule has 1 fully saturated rings. The van der Waals surface area contributed by atoms with Crippen molar-refractivity contribution >= 4 is 22.7 Å². The molecule has 1 aliphatic heterocycles. The highest BCUT2D eigenvalue weighted by atomic mass is 16.4. The largest absolute Gasteiger partial charge is 0.431 e. The zero-order chi connectivity index (χ0) is 21.5. The molecule has 0 unspecified atom stereocenters. The van der Waals surface area contributed by atoms with Crippen molar-refractivity contribution in [3.8, 4) is 11.3 Å². The van der Waals surface area contributed by atoms with Crippen LogP contribution < -0.4 is 4.90 Å². The first-order valence-electron chi connectivity index (χ1n) is 10.1. The first-order chi connectivity index (χ1) is 15.0. The highest BCUT2D eigenvalue weighted by Gasteiger charge is 2.31. The molecule has 0 saturated carbocycles. The predicted molar refractivity (Wildman–Crippen MR) is 116 cm³/mol. The predicted octanol–water partition coefficient (Wildman–Crippen LogP) is 2.19. The van der Waals surface area contributed by atoms with Crippen LogP contribution in [0.25, 0.3) is 22.2 Å². The quantitative estimate of drug-likeness (QED) is 0.441. The molecule has 4 aromatic rings. The fourth-order valence-corrected chi connectivity index (χ4v) is 3.60. The van der Waals surface area contributed by atoms with Crippen molar-refractivity contribution in [1.82, 2.24) is 29.6 Å². The van der Waals surface area contributed by atoms with Crippen LogP contribution in [-0.4, -0.2) is 68.6 Å². The molecule has 9 nitrogen and oxygen atoms in total. The molecule has 158 valence electrons. The number of carbonyl (C=O) groups is 1. The normalized spacial score (nSPS) is 14.4. The summed E-state index contributed by atoms with van der Waals surface area (Å²) >= 11 is 0. The highest BCUT2D eigenvalue weighted by molar-refractivity contribution is 5.96. The molecule has 9 heteroatoms. The maximum atomic E-state index is 12.7. The van der Waals surface area contributed by atoms with Crippen LogP contribution in [0.4, 0.5) is 6.01 Å². The third kappa shape index (κ3) is 3.79. The summed E-state index contributed by atoms with van der Waals surface area (Å²) in [7, 11) is 5.98. The number of nitrogens with zero attached hydrogens (tertiary/aromatic N) is 7. The summed E-state index contributed by atoms with van der Waals surface area (Å²) in [4.78, 5) is 30.5. The fraction of sp³-hybridized carbons (Fsp3) is 0.318. The monoisotopic (exact) mass is 417 g/mol. The maximum Gasteiger partial charge on any atom is 0.297 e. The van der Waals surface area contributed by atoms with Crippen molar-refractivity contribution < 1.29 is 9.21 Å². The summed E-state index contributed by atoms with van der Waals surface area (Å²) in [5.41, 5.74) is 3.53. The second kappa shape index (κ2) is 7.59. The number of aromatic nitrogens is 5. The van der Waals surface area contributed by atoms with Crippen LogP contribution in [0.5, 0.6) is 0 Å². The molecule has 0 aromatic carbocycles. The number of pyridine rings is 2. The van der Waals surface area contributed by atoms with Crippen molar-refractivity contribution in [2.45, 2.75) is 12.5 Å². The van der Waals surface area contributed by atoms with Crippen LogP contribution in [-0.2, 0) is 13.5 Å². The van der Waals surface area contributed by atoms with E-state index in [2.05, 4.69) is 34.1 Å². The van der Waals surface area contributed by atoms with E-state index < -0.39 is 0 Å². The van der Waals surface area contributed by atoms with Gasteiger partial charge in [-0.1, -0.05) is 0 Å². The van der Waals surface area contributed by atoms with Gasteiger partial charge in [-0.3, -0.25) is 14.5 Å². The van der Waals surface area contributed by atoms with Gasteiger partial charge in [0.05, 0.1) is 29.5 Å². The number of ketones is 1. The number of oxazole rings is 1. The highest BCUT2D eigenvalue weighted by Crippen LogP contribution is 2.23. The average Bonchev–Trinajstić information content (AvgIpc) is 3.35. The molecule has 1 saturated heterocycles. The van der Waals surface area contributed by atoms with Gasteiger partial charge in [0.15, 0.2) is 5.78 Å². The summed E-state index contributed by atoms with van der Waals surface area (Å²) in [5, 5.41) is 5.12. The van der Waals surface area contributed by atoms with Crippen molar-refractivity contribution in [3.63, 3.8) is 0 Å². The van der Waals surface area contributed by atoms with E-state index in [4.69, 9.17) is 9.40 Å². The molecule has 0 aliphatic carbocycles. The summed E-state index contributed by atoms with van der Waals surface area (Å²) in [6.45, 7) is 1.69. The number of rotatable bonds is 6. The van der Waals surface area contributed by atoms with Crippen molar-refractivity contribution in [3.05, 3.63) is 54.4 Å². The van der Waals surface area contributed by atoms with Gasteiger partial charge in [-0.05, 0) is 32.3 Å². The van der Waals surface area contributed by atoms with Gasteiger partial charge in [0, 0.05) is 49.5 Å². The molecule has 5 heterocycles. The molecule has 4 aromatic heterocycles. The smallest absolute Gasteiger partial charge is 0.297 e. The van der Waals surface area contributed by atoms with Gasteiger partial charge in [0.1, 0.15) is 12.0 Å². The summed E-state index contributed by atoms with van der Waals surface area (Å²) in [6.07, 6.45) is 7.01. The number of aryl methyl sites for hydroxylation is 1. The lowest BCUT2D eigenvalue weighted by atomic mass is 10.1. The first kappa shape index (κ1) is 19.4. The second-order valence-corrected chi connectivity index (χ2v) is 8.11. The van der Waals surface area contributed by atoms with E-state index in [9.17, 15) is 4.79 Å². The number of Topliss-reactive ketones (excluding diaryl/α,β-unsaturated/α-hetero) is 1. The SMILES string of the molecule is CN(C)C1CN(c2nc(C(=O)Cc3cc4nc(-c5cnn(C)c5)ccc4cn3)co2)C1. The molecule has 0 bridgehead atoms. The fourth-order valence-electron chi connectivity index (χ4n) is 3.60. The number of carbonyl (C=O) groups excluding carboxylic acids is 1. The maximum absolute atomic E-state index is 12.7. The molecule has 5 rings (SSSR count). The van der Waals surface area contributed by atoms with Crippen LogP contribution in [0, 0.1) is 0 Å². The van der Waals surface area contributed by atoms with Crippen LogP contribution in [0.2, 0.25) is 0 Å². The zero-order valence-electron chi connectivity index (χ0n) is 17.7. The summed E-state index contributed by atoms with van der Waals surface area (Å²) in [6, 6.07) is 6.75. The van der Waals surface area contributed by atoms with Crippen LogP contribution >= 0.6 is 0 Å². The van der Waals surface area contributed by atoms with Crippen molar-refractivity contribution in [2.75, 3.05) is 32.1 Å². The molecule has 0 amide bonds. The van der Waals surface area contributed by atoms with Gasteiger partial charge in [-0.15, -0.1) is 0 Å². The summed E-state index contributed by atoms with van der Waals surface area (Å²) in [5.74, 6) is -0.130. The van der Waals surface area contributed by atoms with Gasteiger partial charge in [0.25, 0.3) is 6.01 Å². The van der Waals surface area contributed by atoms with Crippen LogP contribution in [0.15, 0.2) is 47.5 Å². The van der Waals surface area contributed by atoms with Gasteiger partial charge < -0.3 is 14.2 Å². The molecule has 31 heavy (non-hydrogen) atoms. The topological polar surface area (TPSA) is 93.2 Å². The van der Waals surface area contributed by atoms with Crippen LogP contribution in [0.1, 0.15) is 16.2 Å². The number of hydrogen-bond acceptors (Lipinski definition) is 8. The Kier molecular flexibility index (Phi) is 4.74.